The Hall–Kier alpha value is -3.39. The normalized spacial score (nSPS) is 13.9. The van der Waals surface area contributed by atoms with Crippen molar-refractivity contribution >= 4 is 28.4 Å². The fourth-order valence-electron chi connectivity index (χ4n) is 3.19. The number of aromatic nitrogens is 1. The van der Waals surface area contributed by atoms with Gasteiger partial charge < -0.3 is 19.5 Å². The fourth-order valence-corrected chi connectivity index (χ4v) is 4.08. The van der Waals surface area contributed by atoms with Crippen LogP contribution in [0, 0.1) is 11.2 Å². The van der Waals surface area contributed by atoms with Crippen LogP contribution in [0.3, 0.4) is 0 Å². The Morgan fingerprint density at radius 2 is 2.00 bits per heavy atom. The third kappa shape index (κ3) is 3.42. The quantitative estimate of drug-likeness (QED) is 0.634. The van der Waals surface area contributed by atoms with Gasteiger partial charge in [-0.05, 0) is 30.3 Å². The van der Waals surface area contributed by atoms with E-state index in [2.05, 4.69) is 4.98 Å². The maximum atomic E-state index is 13.6. The number of amidine groups is 1. The van der Waals surface area contributed by atoms with Crippen LogP contribution in [0.4, 0.5) is 10.1 Å². The summed E-state index contributed by atoms with van der Waals surface area (Å²) in [4.78, 5) is 6.16. The molecule has 0 aliphatic carbocycles. The van der Waals surface area contributed by atoms with E-state index < -0.39 is 5.82 Å². The lowest BCUT2D eigenvalue weighted by Gasteiger charge is -2.18. The Morgan fingerprint density at radius 1 is 1.17 bits per heavy atom. The molecule has 1 aliphatic heterocycles. The van der Waals surface area contributed by atoms with Crippen LogP contribution in [-0.4, -0.2) is 36.7 Å². The number of methoxy groups -OCH3 is 2. The predicted molar refractivity (Wildman–Crippen MR) is 112 cm³/mol. The van der Waals surface area contributed by atoms with Crippen molar-refractivity contribution in [3.63, 3.8) is 0 Å². The number of aliphatic hydroxyl groups is 1. The van der Waals surface area contributed by atoms with Crippen LogP contribution in [0.2, 0.25) is 0 Å². The van der Waals surface area contributed by atoms with Crippen molar-refractivity contribution in [3.05, 3.63) is 64.4 Å². The molecule has 0 radical (unpaired) electrons. The number of hydrogen-bond donors (Lipinski definition) is 2. The second-order valence-corrected chi connectivity index (χ2v) is 7.20. The fraction of sp³-hybridized carbons (Fsp3) is 0.143. The van der Waals surface area contributed by atoms with Crippen molar-refractivity contribution < 1.29 is 19.0 Å². The highest BCUT2D eigenvalue weighted by molar-refractivity contribution is 7.11. The molecule has 2 heterocycles. The summed E-state index contributed by atoms with van der Waals surface area (Å²) < 4.78 is 24.2. The number of aliphatic hydroxyl groups excluding tert-OH is 1. The smallest absolute Gasteiger partial charge is 0.139 e. The minimum absolute atomic E-state index is 0.0295. The molecular formula is C21H18FN3O3S. The number of rotatable bonds is 5. The van der Waals surface area contributed by atoms with E-state index in [0.29, 0.717) is 33.5 Å². The van der Waals surface area contributed by atoms with Crippen molar-refractivity contribution in [3.8, 4) is 22.8 Å². The van der Waals surface area contributed by atoms with Gasteiger partial charge in [-0.3, -0.25) is 5.41 Å². The van der Waals surface area contributed by atoms with Crippen molar-refractivity contribution in [1.29, 1.82) is 5.41 Å². The number of halogens is 1. The molecule has 0 spiro atoms. The maximum absolute atomic E-state index is 13.6. The van der Waals surface area contributed by atoms with Gasteiger partial charge in [0.1, 0.15) is 33.9 Å². The highest BCUT2D eigenvalue weighted by Gasteiger charge is 2.31. The van der Waals surface area contributed by atoms with Crippen LogP contribution in [0.5, 0.6) is 11.5 Å². The van der Waals surface area contributed by atoms with E-state index >= 15 is 0 Å². The standard InChI is InChI=1S/C21H18FN3O3S/c1-27-14-6-7-15(18(9-14)28-2)16-11-29-21(24-16)19-17(26)10-25(20(19)23)13-5-3-4-12(22)8-13/h3-9,11,23,26H,10H2,1-2H3. The molecule has 2 aromatic carbocycles. The lowest BCUT2D eigenvalue weighted by molar-refractivity contribution is 0.395. The lowest BCUT2D eigenvalue weighted by Crippen LogP contribution is -2.26. The Morgan fingerprint density at radius 3 is 2.72 bits per heavy atom. The Labute approximate surface area is 171 Å². The molecule has 0 saturated heterocycles. The number of thiazole rings is 1. The van der Waals surface area contributed by atoms with Crippen molar-refractivity contribution in [2.24, 2.45) is 0 Å². The molecule has 6 nitrogen and oxygen atoms in total. The van der Waals surface area contributed by atoms with Gasteiger partial charge in [-0.2, -0.15) is 0 Å². The van der Waals surface area contributed by atoms with E-state index in [-0.39, 0.29) is 18.1 Å². The van der Waals surface area contributed by atoms with E-state index in [1.54, 1.807) is 37.3 Å². The summed E-state index contributed by atoms with van der Waals surface area (Å²) in [5.74, 6) is 0.996. The first-order valence-electron chi connectivity index (χ1n) is 8.74. The summed E-state index contributed by atoms with van der Waals surface area (Å²) in [7, 11) is 3.16. The molecular weight excluding hydrogens is 393 g/mol. The van der Waals surface area contributed by atoms with Gasteiger partial charge in [0.05, 0.1) is 32.0 Å². The molecule has 1 aliphatic rings. The van der Waals surface area contributed by atoms with Gasteiger partial charge in [-0.1, -0.05) is 6.07 Å². The van der Waals surface area contributed by atoms with Crippen molar-refractivity contribution in [2.75, 3.05) is 25.7 Å². The minimum atomic E-state index is -0.397. The van der Waals surface area contributed by atoms with Gasteiger partial charge in [0.15, 0.2) is 0 Å². The lowest BCUT2D eigenvalue weighted by atomic mass is 10.1. The molecule has 0 unspecified atom stereocenters. The zero-order chi connectivity index (χ0) is 20.5. The van der Waals surface area contributed by atoms with E-state index in [1.807, 2.05) is 17.5 Å². The highest BCUT2D eigenvalue weighted by atomic mass is 32.1. The molecule has 0 amide bonds. The number of ether oxygens (including phenoxy) is 2. The SMILES string of the molecule is COc1ccc(-c2csc(C3=C(O)CN(c4cccc(F)c4)C3=N)n2)c(OC)c1. The van der Waals surface area contributed by atoms with Gasteiger partial charge in [0, 0.05) is 22.7 Å². The molecule has 4 rings (SSSR count). The predicted octanol–water partition coefficient (Wildman–Crippen LogP) is 4.73. The molecule has 0 atom stereocenters. The average molecular weight is 411 g/mol. The number of anilines is 1. The van der Waals surface area contributed by atoms with E-state index in [1.165, 1.54) is 23.5 Å². The molecule has 0 fully saturated rings. The monoisotopic (exact) mass is 411 g/mol. The third-order valence-electron chi connectivity index (χ3n) is 4.63. The van der Waals surface area contributed by atoms with Crippen LogP contribution in [0.15, 0.2) is 53.6 Å². The van der Waals surface area contributed by atoms with Crippen LogP contribution in [0.25, 0.3) is 16.8 Å². The largest absolute Gasteiger partial charge is 0.510 e. The summed E-state index contributed by atoms with van der Waals surface area (Å²) in [5.41, 5.74) is 2.30. The summed E-state index contributed by atoms with van der Waals surface area (Å²) >= 11 is 1.32. The van der Waals surface area contributed by atoms with Crippen molar-refractivity contribution in [2.45, 2.75) is 0 Å². The van der Waals surface area contributed by atoms with E-state index in [9.17, 15) is 9.50 Å². The minimum Gasteiger partial charge on any atom is -0.510 e. The van der Waals surface area contributed by atoms with Crippen LogP contribution in [0.1, 0.15) is 5.01 Å². The summed E-state index contributed by atoms with van der Waals surface area (Å²) in [6.45, 7) is 0.0956. The first-order chi connectivity index (χ1) is 14.0. The molecule has 2 N–H and O–H groups in total. The molecule has 3 aromatic rings. The third-order valence-corrected chi connectivity index (χ3v) is 5.49. The summed E-state index contributed by atoms with van der Waals surface area (Å²) in [6.07, 6.45) is 0. The topological polar surface area (TPSA) is 78.7 Å². The molecule has 29 heavy (non-hydrogen) atoms. The number of nitrogens with one attached hydrogen (secondary N) is 1. The van der Waals surface area contributed by atoms with Gasteiger partial charge in [-0.15, -0.1) is 11.3 Å². The Kier molecular flexibility index (Phi) is 4.94. The van der Waals surface area contributed by atoms with Crippen LogP contribution < -0.4 is 14.4 Å². The molecule has 148 valence electrons. The summed E-state index contributed by atoms with van der Waals surface area (Å²) in [5, 5.41) is 21.3. The highest BCUT2D eigenvalue weighted by Crippen LogP contribution is 2.37. The van der Waals surface area contributed by atoms with Gasteiger partial charge in [0.25, 0.3) is 0 Å². The second-order valence-electron chi connectivity index (χ2n) is 6.34. The number of nitrogens with zero attached hydrogens (tertiary/aromatic N) is 2. The van der Waals surface area contributed by atoms with Crippen molar-refractivity contribution in [1.82, 2.24) is 4.98 Å². The molecule has 0 saturated carbocycles. The van der Waals surface area contributed by atoms with Gasteiger partial charge in [-0.25, -0.2) is 9.37 Å². The molecule has 0 bridgehead atoms. The summed E-state index contributed by atoms with van der Waals surface area (Å²) in [6, 6.07) is 11.4. The van der Waals surface area contributed by atoms with Crippen LogP contribution >= 0.6 is 11.3 Å². The van der Waals surface area contributed by atoms with E-state index in [4.69, 9.17) is 14.9 Å². The van der Waals surface area contributed by atoms with Crippen LogP contribution in [-0.2, 0) is 0 Å². The number of hydrogen-bond acceptors (Lipinski definition) is 6. The van der Waals surface area contributed by atoms with Gasteiger partial charge >= 0.3 is 0 Å². The maximum Gasteiger partial charge on any atom is 0.139 e. The second kappa shape index (κ2) is 7.56. The molecule has 8 heteroatoms. The first kappa shape index (κ1) is 18.9. The zero-order valence-electron chi connectivity index (χ0n) is 15.8. The zero-order valence-corrected chi connectivity index (χ0v) is 16.6. The average Bonchev–Trinajstić information content (AvgIpc) is 3.31. The molecule has 1 aromatic heterocycles. The number of benzene rings is 2. The first-order valence-corrected chi connectivity index (χ1v) is 9.62. The Balaban J connectivity index is 1.66. The Bertz CT molecular complexity index is 1130. The van der Waals surface area contributed by atoms with Gasteiger partial charge in [0.2, 0.25) is 0 Å². The van der Waals surface area contributed by atoms with E-state index in [0.717, 1.165) is 5.56 Å².